The number of hydrogen-bond donors (Lipinski definition) is 1. The van der Waals surface area contributed by atoms with Crippen molar-refractivity contribution in [1.29, 1.82) is 0 Å². The maximum atomic E-state index is 11.4. The molecule has 0 aromatic carbocycles. The van der Waals surface area contributed by atoms with Gasteiger partial charge in [-0.25, -0.2) is 4.98 Å². The summed E-state index contributed by atoms with van der Waals surface area (Å²) in [6.07, 6.45) is 1.37. The van der Waals surface area contributed by atoms with Crippen LogP contribution in [0.2, 0.25) is 0 Å². The predicted molar refractivity (Wildman–Crippen MR) is 54.3 cm³/mol. The van der Waals surface area contributed by atoms with Gasteiger partial charge in [-0.1, -0.05) is 0 Å². The van der Waals surface area contributed by atoms with Crippen LogP contribution >= 0.6 is 27.5 Å². The highest BCUT2D eigenvalue weighted by atomic mass is 79.9. The molecule has 0 atom stereocenters. The molecule has 0 radical (unpaired) electrons. The van der Waals surface area contributed by atoms with E-state index in [4.69, 9.17) is 4.42 Å². The molecule has 2 rings (SSSR count). The summed E-state index contributed by atoms with van der Waals surface area (Å²) >= 11 is 4.21. The summed E-state index contributed by atoms with van der Waals surface area (Å²) in [5.41, 5.74) is 0. The van der Waals surface area contributed by atoms with Crippen LogP contribution in [0.1, 0.15) is 10.6 Å². The number of carbonyl (C=O) groups is 1. The van der Waals surface area contributed by atoms with E-state index in [1.807, 2.05) is 0 Å². The molecule has 0 aliphatic rings. The molecular formula is C7H4BrN3O2S. The minimum atomic E-state index is -0.340. The second-order valence-electron chi connectivity index (χ2n) is 2.30. The zero-order valence-corrected chi connectivity index (χ0v) is 9.13. The van der Waals surface area contributed by atoms with Crippen molar-refractivity contribution in [3.63, 3.8) is 0 Å². The summed E-state index contributed by atoms with van der Waals surface area (Å²) in [4.78, 5) is 15.2. The fraction of sp³-hybridized carbons (Fsp3) is 0. The summed E-state index contributed by atoms with van der Waals surface area (Å²) in [5, 5.41) is 2.99. The lowest BCUT2D eigenvalue weighted by atomic mass is 10.4. The summed E-state index contributed by atoms with van der Waals surface area (Å²) in [7, 11) is 0. The molecule has 2 heterocycles. The van der Waals surface area contributed by atoms with Gasteiger partial charge in [-0.05, 0) is 28.1 Å². The van der Waals surface area contributed by atoms with Gasteiger partial charge in [0.15, 0.2) is 10.4 Å². The van der Waals surface area contributed by atoms with Crippen molar-refractivity contribution in [2.75, 3.05) is 5.32 Å². The number of halogens is 1. The zero-order valence-electron chi connectivity index (χ0n) is 6.73. The Labute approximate surface area is 91.4 Å². The second kappa shape index (κ2) is 3.89. The van der Waals surface area contributed by atoms with Gasteiger partial charge >= 0.3 is 0 Å². The lowest BCUT2D eigenvalue weighted by Gasteiger charge is -1.95. The first kappa shape index (κ1) is 9.35. The largest absolute Gasteiger partial charge is 0.444 e. The molecule has 7 heteroatoms. The lowest BCUT2D eigenvalue weighted by Crippen LogP contribution is -2.10. The molecule has 0 fully saturated rings. The normalized spacial score (nSPS) is 10.1. The molecule has 14 heavy (non-hydrogen) atoms. The summed E-state index contributed by atoms with van der Waals surface area (Å²) in [6, 6.07) is 3.22. The van der Waals surface area contributed by atoms with E-state index in [1.54, 1.807) is 12.1 Å². The summed E-state index contributed by atoms with van der Waals surface area (Å²) in [6.45, 7) is 0. The first-order valence-corrected chi connectivity index (χ1v) is 5.16. The van der Waals surface area contributed by atoms with Gasteiger partial charge < -0.3 is 4.42 Å². The summed E-state index contributed by atoms with van der Waals surface area (Å²) in [5.74, 6) is -0.112. The van der Waals surface area contributed by atoms with Crippen LogP contribution in [0.4, 0.5) is 5.13 Å². The van der Waals surface area contributed by atoms with Crippen LogP contribution < -0.4 is 5.32 Å². The van der Waals surface area contributed by atoms with Crippen molar-refractivity contribution in [2.45, 2.75) is 0 Å². The Morgan fingerprint density at radius 2 is 2.43 bits per heavy atom. The lowest BCUT2D eigenvalue weighted by molar-refractivity contribution is 0.0995. The van der Waals surface area contributed by atoms with Gasteiger partial charge in [0, 0.05) is 11.5 Å². The van der Waals surface area contributed by atoms with Crippen LogP contribution in [0.25, 0.3) is 0 Å². The van der Waals surface area contributed by atoms with Crippen molar-refractivity contribution in [3.05, 3.63) is 28.9 Å². The molecule has 1 amide bonds. The Balaban J connectivity index is 2.10. The average Bonchev–Trinajstić information content (AvgIpc) is 2.75. The number of rotatable bonds is 2. The van der Waals surface area contributed by atoms with E-state index in [-0.39, 0.29) is 11.7 Å². The molecular weight excluding hydrogens is 270 g/mol. The highest BCUT2D eigenvalue weighted by molar-refractivity contribution is 9.10. The second-order valence-corrected chi connectivity index (χ2v) is 3.87. The van der Waals surface area contributed by atoms with E-state index in [0.717, 1.165) is 11.5 Å². The molecule has 0 spiro atoms. The fourth-order valence-corrected chi connectivity index (χ4v) is 1.56. The van der Waals surface area contributed by atoms with Crippen molar-refractivity contribution in [3.8, 4) is 0 Å². The first-order chi connectivity index (χ1) is 6.75. The van der Waals surface area contributed by atoms with E-state index < -0.39 is 0 Å². The van der Waals surface area contributed by atoms with Crippen molar-refractivity contribution >= 4 is 38.5 Å². The fourth-order valence-electron chi connectivity index (χ4n) is 0.823. The third kappa shape index (κ3) is 1.99. The molecule has 0 saturated carbocycles. The Kier molecular flexibility index (Phi) is 2.60. The number of nitrogens with one attached hydrogen (secondary N) is 1. The molecule has 0 aliphatic heterocycles. The maximum absolute atomic E-state index is 11.4. The van der Waals surface area contributed by atoms with E-state index in [2.05, 4.69) is 30.6 Å². The monoisotopic (exact) mass is 273 g/mol. The molecule has 0 saturated heterocycles. The van der Waals surface area contributed by atoms with Crippen LogP contribution in [-0.4, -0.2) is 15.3 Å². The SMILES string of the molecule is O=C(Nc1ncns1)c1ccc(Br)o1. The average molecular weight is 274 g/mol. The van der Waals surface area contributed by atoms with Crippen molar-refractivity contribution in [1.82, 2.24) is 9.36 Å². The van der Waals surface area contributed by atoms with Gasteiger partial charge in [0.05, 0.1) is 0 Å². The molecule has 72 valence electrons. The van der Waals surface area contributed by atoms with Gasteiger partial charge in [-0.3, -0.25) is 10.1 Å². The number of anilines is 1. The highest BCUT2D eigenvalue weighted by Gasteiger charge is 2.11. The number of furan rings is 1. The van der Waals surface area contributed by atoms with Gasteiger partial charge in [0.1, 0.15) is 6.33 Å². The predicted octanol–water partition coefficient (Wildman–Crippen LogP) is 2.15. The molecule has 2 aromatic rings. The molecule has 0 unspecified atom stereocenters. The third-order valence-corrected chi connectivity index (χ3v) is 2.39. The smallest absolute Gasteiger partial charge is 0.293 e. The van der Waals surface area contributed by atoms with E-state index in [9.17, 15) is 4.79 Å². The Hall–Kier alpha value is -1.21. The molecule has 0 aliphatic carbocycles. The van der Waals surface area contributed by atoms with Crippen LogP contribution in [0.15, 0.2) is 27.5 Å². The Morgan fingerprint density at radius 3 is 3.00 bits per heavy atom. The summed E-state index contributed by atoms with van der Waals surface area (Å²) < 4.78 is 9.32. The van der Waals surface area contributed by atoms with Gasteiger partial charge in [-0.2, -0.15) is 4.37 Å². The minimum Gasteiger partial charge on any atom is -0.444 e. The van der Waals surface area contributed by atoms with Gasteiger partial charge in [0.25, 0.3) is 5.91 Å². The number of hydrogen-bond acceptors (Lipinski definition) is 5. The molecule has 0 bridgehead atoms. The number of carbonyl (C=O) groups excluding carboxylic acids is 1. The van der Waals surface area contributed by atoms with Gasteiger partial charge in [-0.15, -0.1) is 0 Å². The Bertz CT molecular complexity index is 439. The van der Waals surface area contributed by atoms with Crippen molar-refractivity contribution < 1.29 is 9.21 Å². The van der Waals surface area contributed by atoms with Crippen LogP contribution in [0, 0.1) is 0 Å². The van der Waals surface area contributed by atoms with E-state index >= 15 is 0 Å². The number of aromatic nitrogens is 2. The third-order valence-electron chi connectivity index (χ3n) is 1.38. The van der Waals surface area contributed by atoms with Crippen LogP contribution in [0.5, 0.6) is 0 Å². The molecule has 5 nitrogen and oxygen atoms in total. The van der Waals surface area contributed by atoms with E-state index in [1.165, 1.54) is 6.33 Å². The standard InChI is InChI=1S/C7H4BrN3O2S/c8-5-2-1-4(13-5)6(12)11-7-9-3-10-14-7/h1-3H,(H,9,10,11,12). The maximum Gasteiger partial charge on any atom is 0.293 e. The topological polar surface area (TPSA) is 68.0 Å². The Morgan fingerprint density at radius 1 is 1.57 bits per heavy atom. The zero-order chi connectivity index (χ0) is 9.97. The van der Waals surface area contributed by atoms with E-state index in [0.29, 0.717) is 9.80 Å². The number of amides is 1. The van der Waals surface area contributed by atoms with Crippen molar-refractivity contribution in [2.24, 2.45) is 0 Å². The van der Waals surface area contributed by atoms with Crippen LogP contribution in [-0.2, 0) is 0 Å². The van der Waals surface area contributed by atoms with Gasteiger partial charge in [0.2, 0.25) is 5.13 Å². The highest BCUT2D eigenvalue weighted by Crippen LogP contribution is 2.16. The first-order valence-electron chi connectivity index (χ1n) is 3.59. The number of nitrogens with zero attached hydrogens (tertiary/aromatic N) is 2. The quantitative estimate of drug-likeness (QED) is 0.911. The molecule has 2 aromatic heterocycles. The van der Waals surface area contributed by atoms with Crippen LogP contribution in [0.3, 0.4) is 0 Å². The minimum absolute atomic E-state index is 0.229. The molecule has 1 N–H and O–H groups in total.